The van der Waals surface area contributed by atoms with E-state index in [2.05, 4.69) is 5.32 Å². The highest BCUT2D eigenvalue weighted by molar-refractivity contribution is 7.10. The van der Waals surface area contributed by atoms with E-state index in [1.54, 1.807) is 32.2 Å². The number of hydrogen-bond acceptors (Lipinski definition) is 8. The molecule has 33 heavy (non-hydrogen) atoms. The van der Waals surface area contributed by atoms with Gasteiger partial charge in [-0.25, -0.2) is 4.79 Å². The van der Waals surface area contributed by atoms with Crippen molar-refractivity contribution in [1.29, 1.82) is 0 Å². The number of benzene rings is 1. The number of esters is 2. The number of carbonyl (C=O) groups excluding carboxylic acids is 3. The molecule has 1 aromatic heterocycles. The lowest BCUT2D eigenvalue weighted by Crippen LogP contribution is -2.43. The minimum absolute atomic E-state index is 0.330. The largest absolute Gasteiger partial charge is 0.497 e. The predicted molar refractivity (Wildman–Crippen MR) is 123 cm³/mol. The Bertz CT molecular complexity index is 1160. The third-order valence-corrected chi connectivity index (χ3v) is 7.22. The molecular formula is C25H25NO6S. The number of hydrogen-bond donors (Lipinski definition) is 1. The Hall–Kier alpha value is -3.39. The van der Waals surface area contributed by atoms with Crippen LogP contribution in [-0.2, 0) is 23.9 Å². The van der Waals surface area contributed by atoms with Gasteiger partial charge in [-0.15, -0.1) is 11.3 Å². The molecule has 0 saturated carbocycles. The van der Waals surface area contributed by atoms with Crippen molar-refractivity contribution in [2.24, 2.45) is 5.92 Å². The third kappa shape index (κ3) is 3.95. The van der Waals surface area contributed by atoms with Crippen LogP contribution < -0.4 is 10.1 Å². The lowest BCUT2D eigenvalue weighted by molar-refractivity contribution is -0.149. The monoisotopic (exact) mass is 467 g/mol. The van der Waals surface area contributed by atoms with Crippen molar-refractivity contribution in [3.63, 3.8) is 0 Å². The van der Waals surface area contributed by atoms with Gasteiger partial charge in [-0.1, -0.05) is 18.2 Å². The Balaban J connectivity index is 1.92. The van der Waals surface area contributed by atoms with Crippen LogP contribution in [0.1, 0.15) is 35.6 Å². The molecule has 1 aromatic carbocycles. The highest BCUT2D eigenvalue weighted by Crippen LogP contribution is 2.49. The fourth-order valence-corrected chi connectivity index (χ4v) is 5.60. The smallest absolute Gasteiger partial charge is 0.336 e. The maximum Gasteiger partial charge on any atom is 0.336 e. The average molecular weight is 468 g/mol. The van der Waals surface area contributed by atoms with Gasteiger partial charge in [0.1, 0.15) is 11.7 Å². The Kier molecular flexibility index (Phi) is 6.37. The minimum Gasteiger partial charge on any atom is -0.497 e. The van der Waals surface area contributed by atoms with Crippen molar-refractivity contribution in [3.8, 4) is 5.75 Å². The van der Waals surface area contributed by atoms with E-state index < -0.39 is 23.8 Å². The molecule has 3 atom stereocenters. The highest BCUT2D eigenvalue weighted by Gasteiger charge is 2.49. The number of carbonyl (C=O) groups is 3. The van der Waals surface area contributed by atoms with E-state index in [4.69, 9.17) is 14.2 Å². The van der Waals surface area contributed by atoms with Gasteiger partial charge in [-0.05, 0) is 42.5 Å². The van der Waals surface area contributed by atoms with Crippen LogP contribution in [-0.4, -0.2) is 39.1 Å². The van der Waals surface area contributed by atoms with Crippen molar-refractivity contribution in [1.82, 2.24) is 5.32 Å². The fraction of sp³-hybridized carbons (Fsp3) is 0.320. The van der Waals surface area contributed by atoms with Gasteiger partial charge in [0.05, 0.1) is 26.9 Å². The number of ether oxygens (including phenoxy) is 3. The van der Waals surface area contributed by atoms with Crippen LogP contribution in [0.15, 0.2) is 64.3 Å². The first-order valence-electron chi connectivity index (χ1n) is 10.5. The fourth-order valence-electron chi connectivity index (χ4n) is 4.74. The first-order chi connectivity index (χ1) is 15.9. The lowest BCUT2D eigenvalue weighted by Gasteiger charge is -2.39. The van der Waals surface area contributed by atoms with E-state index in [1.807, 2.05) is 23.6 Å². The zero-order valence-corrected chi connectivity index (χ0v) is 19.7. The summed E-state index contributed by atoms with van der Waals surface area (Å²) in [6.45, 7) is 1.79. The molecule has 4 rings (SSSR count). The topological polar surface area (TPSA) is 90.9 Å². The molecule has 7 nitrogen and oxygen atoms in total. The van der Waals surface area contributed by atoms with E-state index in [9.17, 15) is 14.4 Å². The first-order valence-corrected chi connectivity index (χ1v) is 11.4. The van der Waals surface area contributed by atoms with Gasteiger partial charge in [0.2, 0.25) is 0 Å². The number of thiophene rings is 1. The Morgan fingerprint density at radius 3 is 2.52 bits per heavy atom. The normalized spacial score (nSPS) is 22.4. The molecule has 1 aliphatic carbocycles. The van der Waals surface area contributed by atoms with Crippen molar-refractivity contribution < 1.29 is 28.6 Å². The van der Waals surface area contributed by atoms with Gasteiger partial charge in [0.15, 0.2) is 5.78 Å². The Morgan fingerprint density at radius 1 is 1.09 bits per heavy atom. The lowest BCUT2D eigenvalue weighted by atomic mass is 9.68. The molecule has 0 unspecified atom stereocenters. The summed E-state index contributed by atoms with van der Waals surface area (Å²) in [6, 6.07) is 11.1. The van der Waals surface area contributed by atoms with E-state index >= 15 is 0 Å². The van der Waals surface area contributed by atoms with Crippen LogP contribution in [0.25, 0.3) is 0 Å². The second kappa shape index (κ2) is 9.23. The number of dihydropyridines is 1. The molecule has 0 fully saturated rings. The summed E-state index contributed by atoms with van der Waals surface area (Å²) in [5, 5.41) is 5.19. The molecule has 8 heteroatoms. The number of Topliss-reactive ketones (excluding diaryl/α,β-unsaturated/α-hetero) is 1. The van der Waals surface area contributed by atoms with Gasteiger partial charge < -0.3 is 19.5 Å². The molecule has 1 aliphatic heterocycles. The van der Waals surface area contributed by atoms with Crippen molar-refractivity contribution in [3.05, 3.63) is 74.8 Å². The SMILES string of the molecule is COC(=O)C1=C(C)NC2=C(C(=O)[C@H](C(=O)OC)[C@@H](c3cccs3)C2)[C@@H]1c1cccc(OC)c1. The molecule has 0 spiro atoms. The maximum absolute atomic E-state index is 14.0. The van der Waals surface area contributed by atoms with E-state index in [-0.39, 0.29) is 11.7 Å². The molecular weight excluding hydrogens is 442 g/mol. The number of allylic oxidation sites excluding steroid dienone is 3. The molecule has 0 bridgehead atoms. The van der Waals surface area contributed by atoms with Crippen molar-refractivity contribution in [2.45, 2.75) is 25.2 Å². The van der Waals surface area contributed by atoms with Crippen LogP contribution in [0.5, 0.6) is 5.75 Å². The summed E-state index contributed by atoms with van der Waals surface area (Å²) in [5.74, 6) is -2.93. The summed E-state index contributed by atoms with van der Waals surface area (Å²) in [7, 11) is 4.15. The summed E-state index contributed by atoms with van der Waals surface area (Å²) < 4.78 is 15.5. The first kappa shape index (κ1) is 22.8. The van der Waals surface area contributed by atoms with Gasteiger partial charge in [-0.2, -0.15) is 0 Å². The molecule has 0 radical (unpaired) electrons. The maximum atomic E-state index is 14.0. The predicted octanol–water partition coefficient (Wildman–Crippen LogP) is 3.69. The van der Waals surface area contributed by atoms with Crippen LogP contribution in [0.3, 0.4) is 0 Å². The average Bonchev–Trinajstić information content (AvgIpc) is 3.37. The number of ketones is 1. The summed E-state index contributed by atoms with van der Waals surface area (Å²) >= 11 is 1.50. The van der Waals surface area contributed by atoms with Crippen LogP contribution in [0.2, 0.25) is 0 Å². The van der Waals surface area contributed by atoms with E-state index in [0.29, 0.717) is 40.3 Å². The van der Waals surface area contributed by atoms with Gasteiger partial charge in [0.25, 0.3) is 0 Å². The van der Waals surface area contributed by atoms with Gasteiger partial charge >= 0.3 is 11.9 Å². The van der Waals surface area contributed by atoms with E-state index in [1.165, 1.54) is 25.6 Å². The molecule has 2 aliphatic rings. The summed E-state index contributed by atoms with van der Waals surface area (Å²) in [6.07, 6.45) is 0.438. The van der Waals surface area contributed by atoms with Crippen molar-refractivity contribution in [2.75, 3.05) is 21.3 Å². The summed E-state index contributed by atoms with van der Waals surface area (Å²) in [5.41, 5.74) is 2.74. The number of rotatable bonds is 5. The third-order valence-electron chi connectivity index (χ3n) is 6.22. The molecule has 2 heterocycles. The second-order valence-corrected chi connectivity index (χ2v) is 8.93. The summed E-state index contributed by atoms with van der Waals surface area (Å²) in [4.78, 5) is 40.6. The number of methoxy groups -OCH3 is 3. The molecule has 2 aromatic rings. The molecule has 172 valence electrons. The minimum atomic E-state index is -1.00. The second-order valence-electron chi connectivity index (χ2n) is 7.95. The Morgan fingerprint density at radius 2 is 1.88 bits per heavy atom. The van der Waals surface area contributed by atoms with Crippen molar-refractivity contribution >= 4 is 29.1 Å². The standard InChI is InChI=1S/C25H25NO6S/c1-13-19(24(28)31-3)20(14-7-5-8-15(11-14)30-2)22-17(26-13)12-16(18-9-6-10-33-18)21(23(22)27)25(29)32-4/h5-11,16,20-21,26H,12H2,1-4H3/t16-,20-,21-/m1/s1. The van der Waals surface area contributed by atoms with Crippen LogP contribution in [0, 0.1) is 5.92 Å². The van der Waals surface area contributed by atoms with Crippen LogP contribution in [0.4, 0.5) is 0 Å². The van der Waals surface area contributed by atoms with Crippen LogP contribution >= 0.6 is 11.3 Å². The molecule has 0 amide bonds. The number of nitrogens with one attached hydrogen (secondary N) is 1. The van der Waals surface area contributed by atoms with E-state index in [0.717, 1.165) is 4.88 Å². The molecule has 0 saturated heterocycles. The zero-order chi connectivity index (χ0) is 23.7. The Labute approximate surface area is 196 Å². The molecule has 1 N–H and O–H groups in total. The quantitative estimate of drug-likeness (QED) is 0.530. The highest BCUT2D eigenvalue weighted by atomic mass is 32.1. The van der Waals surface area contributed by atoms with Gasteiger partial charge in [0, 0.05) is 33.7 Å². The van der Waals surface area contributed by atoms with Gasteiger partial charge in [-0.3, -0.25) is 9.59 Å². The zero-order valence-electron chi connectivity index (χ0n) is 18.8.